The topological polar surface area (TPSA) is 49.7 Å². The Morgan fingerprint density at radius 3 is 2.28 bits per heavy atom. The Kier molecular flexibility index (Phi) is 4.62. The highest BCUT2D eigenvalue weighted by Gasteiger charge is 2.32. The number of hydrogen-bond acceptors (Lipinski definition) is 3. The average molecular weight is 271 g/mol. The van der Waals surface area contributed by atoms with Gasteiger partial charge in [-0.25, -0.2) is 0 Å². The Morgan fingerprint density at radius 1 is 1.17 bits per heavy atom. The molecule has 0 radical (unpaired) electrons. The van der Waals surface area contributed by atoms with Gasteiger partial charge in [-0.15, -0.1) is 0 Å². The van der Waals surface area contributed by atoms with Crippen molar-refractivity contribution >= 4 is 11.6 Å². The summed E-state index contributed by atoms with van der Waals surface area (Å²) in [6.45, 7) is 0.763. The van der Waals surface area contributed by atoms with Crippen LogP contribution in [0.25, 0.3) is 0 Å². The van der Waals surface area contributed by atoms with Crippen LogP contribution in [0.5, 0.6) is 0 Å². The Morgan fingerprint density at radius 2 is 1.78 bits per heavy atom. The van der Waals surface area contributed by atoms with Crippen LogP contribution in [0.15, 0.2) is 24.3 Å². The number of rotatable bonds is 7. The van der Waals surface area contributed by atoms with Crippen LogP contribution < -0.4 is 0 Å². The van der Waals surface area contributed by atoms with Gasteiger partial charge in [0.2, 0.25) is 0 Å². The van der Waals surface area contributed by atoms with Crippen molar-refractivity contribution in [3.8, 4) is 0 Å². The normalized spacial score (nSPS) is 15.9. The molecule has 0 atom stereocenters. The van der Waals surface area contributed by atoms with Crippen molar-refractivity contribution in [1.29, 1.82) is 0 Å². The summed E-state index contributed by atoms with van der Waals surface area (Å²) in [6, 6.07) is 7.18. The van der Waals surface area contributed by atoms with Crippen molar-refractivity contribution in [2.45, 2.75) is 18.3 Å². The van der Waals surface area contributed by atoms with Crippen molar-refractivity contribution in [2.75, 3.05) is 26.4 Å². The lowest BCUT2D eigenvalue weighted by Crippen LogP contribution is -2.40. The largest absolute Gasteiger partial charge is 0.395 e. The number of aliphatic hydroxyl groups excluding tert-OH is 2. The van der Waals surface area contributed by atoms with Crippen LogP contribution >= 0.6 is 11.6 Å². The van der Waals surface area contributed by atoms with Gasteiger partial charge in [0.25, 0.3) is 0 Å². The molecule has 0 saturated heterocycles. The first-order valence-corrected chi connectivity index (χ1v) is 6.63. The molecular weight excluding hydrogens is 252 g/mol. The molecule has 0 bridgehead atoms. The molecule has 1 aliphatic carbocycles. The second-order valence-electron chi connectivity index (χ2n) is 5.06. The van der Waals surface area contributed by atoms with Crippen LogP contribution in [0.3, 0.4) is 0 Å². The van der Waals surface area contributed by atoms with Gasteiger partial charge < -0.3 is 14.9 Å². The zero-order valence-electron chi connectivity index (χ0n) is 10.3. The van der Waals surface area contributed by atoms with Gasteiger partial charge >= 0.3 is 0 Å². The minimum absolute atomic E-state index is 0.143. The molecule has 2 rings (SSSR count). The van der Waals surface area contributed by atoms with Crippen LogP contribution in [0.2, 0.25) is 5.02 Å². The molecule has 18 heavy (non-hydrogen) atoms. The monoisotopic (exact) mass is 270 g/mol. The second-order valence-corrected chi connectivity index (χ2v) is 5.50. The predicted octanol–water partition coefficient (Wildman–Crippen LogP) is 1.99. The first kappa shape index (κ1) is 13.8. The summed E-state index contributed by atoms with van der Waals surface area (Å²) in [5.41, 5.74) is 0.118. The van der Waals surface area contributed by atoms with Gasteiger partial charge in [0.05, 0.1) is 25.2 Å². The minimum atomic E-state index is -0.737. The Hall–Kier alpha value is -0.610. The molecule has 100 valence electrons. The van der Waals surface area contributed by atoms with E-state index in [1.54, 1.807) is 12.1 Å². The van der Waals surface area contributed by atoms with Gasteiger partial charge in [0, 0.05) is 11.6 Å². The molecule has 2 N–H and O–H groups in total. The van der Waals surface area contributed by atoms with E-state index in [1.807, 2.05) is 12.1 Å². The number of hydrogen-bond donors (Lipinski definition) is 2. The van der Waals surface area contributed by atoms with E-state index >= 15 is 0 Å². The first-order valence-electron chi connectivity index (χ1n) is 6.26. The fourth-order valence-electron chi connectivity index (χ4n) is 1.92. The van der Waals surface area contributed by atoms with Crippen LogP contribution in [-0.4, -0.2) is 36.6 Å². The maximum absolute atomic E-state index is 9.61. The maximum Gasteiger partial charge on any atom is 0.0648 e. The Labute approximate surface area is 112 Å². The third kappa shape index (κ3) is 3.23. The average Bonchev–Trinajstić information content (AvgIpc) is 3.20. The predicted molar refractivity (Wildman–Crippen MR) is 70.8 cm³/mol. The summed E-state index contributed by atoms with van der Waals surface area (Å²) in [5.74, 6) is 0.672. The van der Waals surface area contributed by atoms with Crippen molar-refractivity contribution in [3.63, 3.8) is 0 Å². The Balaban J connectivity index is 2.05. The third-order valence-electron chi connectivity index (χ3n) is 3.49. The van der Waals surface area contributed by atoms with Crippen molar-refractivity contribution in [2.24, 2.45) is 5.92 Å². The van der Waals surface area contributed by atoms with E-state index in [1.165, 1.54) is 12.8 Å². The fraction of sp³-hybridized carbons (Fsp3) is 0.571. The lowest BCUT2D eigenvalue weighted by Gasteiger charge is -2.30. The van der Waals surface area contributed by atoms with E-state index < -0.39 is 5.41 Å². The fourth-order valence-corrected chi connectivity index (χ4v) is 2.04. The molecule has 0 aromatic heterocycles. The summed E-state index contributed by atoms with van der Waals surface area (Å²) in [6.07, 6.45) is 2.46. The zero-order valence-corrected chi connectivity index (χ0v) is 11.1. The van der Waals surface area contributed by atoms with Crippen LogP contribution in [0.1, 0.15) is 18.4 Å². The van der Waals surface area contributed by atoms with Crippen molar-refractivity contribution in [1.82, 2.24) is 0 Å². The molecule has 0 aliphatic heterocycles. The van der Waals surface area contributed by atoms with Gasteiger partial charge in [-0.3, -0.25) is 0 Å². The molecule has 0 unspecified atom stereocenters. The molecule has 1 aliphatic rings. The lowest BCUT2D eigenvalue weighted by molar-refractivity contribution is 0.0164. The van der Waals surface area contributed by atoms with E-state index in [-0.39, 0.29) is 13.2 Å². The van der Waals surface area contributed by atoms with E-state index in [9.17, 15) is 10.2 Å². The molecule has 1 aromatic rings. The highest BCUT2D eigenvalue weighted by molar-refractivity contribution is 6.30. The van der Waals surface area contributed by atoms with E-state index in [4.69, 9.17) is 16.3 Å². The number of halogens is 1. The molecule has 0 heterocycles. The molecular formula is C14H19ClO3. The first-order chi connectivity index (χ1) is 8.70. The molecule has 1 saturated carbocycles. The quantitative estimate of drug-likeness (QED) is 0.797. The molecule has 4 heteroatoms. The summed E-state index contributed by atoms with van der Waals surface area (Å²) in [7, 11) is 0. The number of aliphatic hydroxyl groups is 2. The summed E-state index contributed by atoms with van der Waals surface area (Å²) in [4.78, 5) is 0. The maximum atomic E-state index is 9.61. The lowest BCUT2D eigenvalue weighted by atomic mass is 9.83. The zero-order chi connectivity index (χ0) is 13.0. The van der Waals surface area contributed by atoms with Crippen LogP contribution in [0.4, 0.5) is 0 Å². The molecule has 0 spiro atoms. The molecule has 3 nitrogen and oxygen atoms in total. The van der Waals surface area contributed by atoms with Gasteiger partial charge in [-0.2, -0.15) is 0 Å². The number of ether oxygens (including phenoxy) is 1. The van der Waals surface area contributed by atoms with Gasteiger partial charge in [0.15, 0.2) is 0 Å². The van der Waals surface area contributed by atoms with Gasteiger partial charge in [-0.05, 0) is 36.5 Å². The SMILES string of the molecule is OCC(CO)(COCC1CC1)c1ccc(Cl)cc1. The van der Waals surface area contributed by atoms with Crippen LogP contribution in [0, 0.1) is 5.92 Å². The standard InChI is InChI=1S/C14H19ClO3/c15-13-5-3-12(4-6-13)14(8-16,9-17)10-18-7-11-1-2-11/h3-6,11,16-17H,1-2,7-10H2. The Bertz CT molecular complexity index is 369. The van der Waals surface area contributed by atoms with Crippen LogP contribution in [-0.2, 0) is 10.2 Å². The highest BCUT2D eigenvalue weighted by Crippen LogP contribution is 2.30. The minimum Gasteiger partial charge on any atom is -0.395 e. The summed E-state index contributed by atoms with van der Waals surface area (Å²) >= 11 is 5.85. The third-order valence-corrected chi connectivity index (χ3v) is 3.74. The van der Waals surface area contributed by atoms with Gasteiger partial charge in [0.1, 0.15) is 0 Å². The second kappa shape index (κ2) is 6.02. The molecule has 1 aromatic carbocycles. The summed E-state index contributed by atoms with van der Waals surface area (Å²) in [5, 5.41) is 19.9. The highest BCUT2D eigenvalue weighted by atomic mass is 35.5. The summed E-state index contributed by atoms with van der Waals surface area (Å²) < 4.78 is 5.64. The number of benzene rings is 1. The van der Waals surface area contributed by atoms with Gasteiger partial charge in [-0.1, -0.05) is 23.7 Å². The smallest absolute Gasteiger partial charge is 0.0648 e. The van der Waals surface area contributed by atoms with Crippen molar-refractivity contribution < 1.29 is 14.9 Å². The van der Waals surface area contributed by atoms with E-state index in [2.05, 4.69) is 0 Å². The van der Waals surface area contributed by atoms with E-state index in [0.29, 0.717) is 17.5 Å². The van der Waals surface area contributed by atoms with Crippen molar-refractivity contribution in [3.05, 3.63) is 34.9 Å². The van der Waals surface area contributed by atoms with E-state index in [0.717, 1.165) is 12.2 Å². The molecule has 1 fully saturated rings. The molecule has 0 amide bonds.